The highest BCUT2D eigenvalue weighted by Crippen LogP contribution is 2.12. The topological polar surface area (TPSA) is 46.2 Å². The summed E-state index contributed by atoms with van der Waals surface area (Å²) in [5, 5.41) is 14.1. The fourth-order valence-corrected chi connectivity index (χ4v) is 0.893. The van der Waals surface area contributed by atoms with Crippen molar-refractivity contribution in [3.63, 3.8) is 0 Å². The Balaban J connectivity index is 4.35. The summed E-state index contributed by atoms with van der Waals surface area (Å²) < 4.78 is 0. The SMILES string of the molecule is C=C/C(=C\C(=C/C)SN)CO. The van der Waals surface area contributed by atoms with Gasteiger partial charge in [0.2, 0.25) is 0 Å². The van der Waals surface area contributed by atoms with E-state index in [0.717, 1.165) is 22.4 Å². The van der Waals surface area contributed by atoms with E-state index in [-0.39, 0.29) is 6.61 Å². The van der Waals surface area contributed by atoms with Crippen molar-refractivity contribution in [2.75, 3.05) is 6.61 Å². The van der Waals surface area contributed by atoms with Crippen molar-refractivity contribution in [3.8, 4) is 0 Å². The van der Waals surface area contributed by atoms with E-state index >= 15 is 0 Å². The van der Waals surface area contributed by atoms with Gasteiger partial charge in [-0.1, -0.05) is 18.7 Å². The zero-order valence-corrected chi connectivity index (χ0v) is 7.40. The molecule has 0 aromatic heterocycles. The van der Waals surface area contributed by atoms with E-state index in [9.17, 15) is 0 Å². The van der Waals surface area contributed by atoms with E-state index < -0.39 is 0 Å². The van der Waals surface area contributed by atoms with Crippen LogP contribution in [0.2, 0.25) is 0 Å². The van der Waals surface area contributed by atoms with Crippen LogP contribution in [-0.2, 0) is 0 Å². The van der Waals surface area contributed by atoms with E-state index in [0.29, 0.717) is 0 Å². The van der Waals surface area contributed by atoms with E-state index in [1.807, 2.05) is 13.0 Å². The van der Waals surface area contributed by atoms with Crippen LogP contribution in [0.25, 0.3) is 0 Å². The van der Waals surface area contributed by atoms with Crippen molar-refractivity contribution >= 4 is 11.9 Å². The molecule has 0 bridgehead atoms. The average Bonchev–Trinajstić information content (AvgIpc) is 2.07. The molecule has 0 amide bonds. The van der Waals surface area contributed by atoms with Crippen LogP contribution in [0, 0.1) is 0 Å². The van der Waals surface area contributed by atoms with Crippen LogP contribution in [0.15, 0.2) is 35.3 Å². The van der Waals surface area contributed by atoms with Gasteiger partial charge in [0.25, 0.3) is 0 Å². The molecular weight excluding hydrogens is 158 g/mol. The Morgan fingerprint density at radius 1 is 1.73 bits per heavy atom. The van der Waals surface area contributed by atoms with Crippen molar-refractivity contribution in [2.45, 2.75) is 6.92 Å². The number of hydrogen-bond donors (Lipinski definition) is 2. The molecule has 0 aromatic rings. The van der Waals surface area contributed by atoms with E-state index in [2.05, 4.69) is 6.58 Å². The third-order valence-corrected chi connectivity index (χ3v) is 1.82. The predicted molar refractivity (Wildman–Crippen MR) is 50.9 cm³/mol. The Bertz CT molecular complexity index is 185. The molecule has 0 heterocycles. The molecule has 0 unspecified atom stereocenters. The summed E-state index contributed by atoms with van der Waals surface area (Å²) in [5.74, 6) is 0. The van der Waals surface area contributed by atoms with E-state index in [1.54, 1.807) is 12.2 Å². The van der Waals surface area contributed by atoms with E-state index in [1.165, 1.54) is 0 Å². The molecule has 0 saturated heterocycles. The molecule has 0 radical (unpaired) electrons. The number of aliphatic hydroxyl groups excluding tert-OH is 1. The van der Waals surface area contributed by atoms with Crippen molar-refractivity contribution in [3.05, 3.63) is 35.3 Å². The maximum Gasteiger partial charge on any atom is 0.0682 e. The number of rotatable bonds is 4. The predicted octanol–water partition coefficient (Wildman–Crippen LogP) is 1.60. The first-order chi connectivity index (χ1) is 5.28. The summed E-state index contributed by atoms with van der Waals surface area (Å²) in [6.07, 6.45) is 5.29. The molecule has 0 atom stereocenters. The highest BCUT2D eigenvalue weighted by atomic mass is 32.2. The fraction of sp³-hybridized carbons (Fsp3) is 0.250. The fourth-order valence-electron chi connectivity index (χ4n) is 0.537. The van der Waals surface area contributed by atoms with Crippen LogP contribution in [0.3, 0.4) is 0 Å². The molecule has 2 nitrogen and oxygen atoms in total. The summed E-state index contributed by atoms with van der Waals surface area (Å²) in [6.45, 7) is 5.44. The third kappa shape index (κ3) is 4.03. The molecule has 0 saturated carbocycles. The quantitative estimate of drug-likeness (QED) is 0.499. The van der Waals surface area contributed by atoms with Gasteiger partial charge in [0.1, 0.15) is 0 Å². The van der Waals surface area contributed by atoms with Gasteiger partial charge in [-0.2, -0.15) is 0 Å². The minimum atomic E-state index is 0.00139. The first-order valence-electron chi connectivity index (χ1n) is 3.25. The van der Waals surface area contributed by atoms with Crippen LogP contribution in [0.5, 0.6) is 0 Å². The lowest BCUT2D eigenvalue weighted by Crippen LogP contribution is -1.87. The molecule has 3 heteroatoms. The first kappa shape index (κ1) is 10.5. The zero-order chi connectivity index (χ0) is 8.69. The van der Waals surface area contributed by atoms with Crippen LogP contribution in [-0.4, -0.2) is 11.7 Å². The molecule has 11 heavy (non-hydrogen) atoms. The van der Waals surface area contributed by atoms with E-state index in [4.69, 9.17) is 10.2 Å². The Hall–Kier alpha value is -0.510. The second-order valence-corrected chi connectivity index (χ2v) is 2.60. The molecule has 0 aromatic carbocycles. The van der Waals surface area contributed by atoms with Gasteiger partial charge in [-0.15, -0.1) is 0 Å². The van der Waals surface area contributed by atoms with Gasteiger partial charge in [-0.05, 0) is 30.5 Å². The smallest absolute Gasteiger partial charge is 0.0682 e. The second-order valence-electron chi connectivity index (χ2n) is 1.89. The molecule has 0 aliphatic heterocycles. The van der Waals surface area contributed by atoms with Crippen LogP contribution in [0.1, 0.15) is 6.92 Å². The number of nitrogens with two attached hydrogens (primary N) is 1. The Morgan fingerprint density at radius 3 is 2.64 bits per heavy atom. The largest absolute Gasteiger partial charge is 0.392 e. The number of hydrogen-bond acceptors (Lipinski definition) is 3. The molecule has 0 spiro atoms. The standard InChI is InChI=1S/C8H13NOS/c1-3-7(6-10)5-8(4-2)11-9/h3-5,10H,1,6,9H2,2H3/b7-5+,8-4+. The van der Waals surface area contributed by atoms with Gasteiger partial charge in [-0.25, -0.2) is 0 Å². The lowest BCUT2D eigenvalue weighted by molar-refractivity contribution is 0.335. The summed E-state index contributed by atoms with van der Waals surface area (Å²) in [6, 6.07) is 0. The minimum absolute atomic E-state index is 0.00139. The van der Waals surface area contributed by atoms with Gasteiger partial charge in [0, 0.05) is 4.91 Å². The molecule has 0 rings (SSSR count). The second kappa shape index (κ2) is 6.22. The van der Waals surface area contributed by atoms with Gasteiger partial charge >= 0.3 is 0 Å². The van der Waals surface area contributed by atoms with Gasteiger partial charge < -0.3 is 5.11 Å². The van der Waals surface area contributed by atoms with Crippen LogP contribution >= 0.6 is 11.9 Å². The normalized spacial score (nSPS) is 13.4. The van der Waals surface area contributed by atoms with Crippen molar-refractivity contribution in [1.29, 1.82) is 0 Å². The molecule has 0 aliphatic rings. The van der Waals surface area contributed by atoms with Crippen LogP contribution in [0.4, 0.5) is 0 Å². The first-order valence-corrected chi connectivity index (χ1v) is 4.13. The highest BCUT2D eigenvalue weighted by molar-refractivity contribution is 8.01. The monoisotopic (exact) mass is 171 g/mol. The zero-order valence-electron chi connectivity index (χ0n) is 6.58. The van der Waals surface area contributed by atoms with Crippen LogP contribution < -0.4 is 5.14 Å². The average molecular weight is 171 g/mol. The third-order valence-electron chi connectivity index (χ3n) is 1.19. The summed E-state index contributed by atoms with van der Waals surface area (Å²) >= 11 is 1.15. The summed E-state index contributed by atoms with van der Waals surface area (Å²) in [7, 11) is 0. The maximum absolute atomic E-state index is 8.75. The molecule has 3 N–H and O–H groups in total. The Morgan fingerprint density at radius 2 is 2.36 bits per heavy atom. The lowest BCUT2D eigenvalue weighted by atomic mass is 10.2. The molecule has 0 fully saturated rings. The molecule has 62 valence electrons. The Labute approximate surface area is 71.6 Å². The number of aliphatic hydroxyl groups is 1. The molecular formula is C8H13NOS. The Kier molecular flexibility index (Phi) is 5.93. The van der Waals surface area contributed by atoms with Crippen molar-refractivity contribution < 1.29 is 5.11 Å². The van der Waals surface area contributed by atoms with Crippen molar-refractivity contribution in [2.24, 2.45) is 5.14 Å². The lowest BCUT2D eigenvalue weighted by Gasteiger charge is -1.97. The van der Waals surface area contributed by atoms with Gasteiger partial charge in [-0.3, -0.25) is 5.14 Å². The van der Waals surface area contributed by atoms with Gasteiger partial charge in [0.05, 0.1) is 6.61 Å². The summed E-state index contributed by atoms with van der Waals surface area (Å²) in [5.41, 5.74) is 0.774. The summed E-state index contributed by atoms with van der Waals surface area (Å²) in [4.78, 5) is 0.925. The maximum atomic E-state index is 8.75. The van der Waals surface area contributed by atoms with Crippen molar-refractivity contribution in [1.82, 2.24) is 0 Å². The number of allylic oxidation sites excluding steroid dienone is 2. The minimum Gasteiger partial charge on any atom is -0.392 e. The molecule has 0 aliphatic carbocycles. The van der Waals surface area contributed by atoms with Gasteiger partial charge in [0.15, 0.2) is 0 Å². The highest BCUT2D eigenvalue weighted by Gasteiger charge is 1.91.